The average Bonchev–Trinajstić information content (AvgIpc) is 3.15. The molecule has 0 radical (unpaired) electrons. The Morgan fingerprint density at radius 3 is 2.04 bits per heavy atom. The number of aliphatic hydroxyl groups excluding tert-OH is 1. The fourth-order valence-electron chi connectivity index (χ4n) is 2.71. The van der Waals surface area contributed by atoms with Gasteiger partial charge in [0, 0.05) is 12.1 Å². The molecule has 0 heterocycles. The summed E-state index contributed by atoms with van der Waals surface area (Å²) in [6.07, 6.45) is 4.35. The topological polar surface area (TPSA) is 78.4 Å². The van der Waals surface area contributed by atoms with Crippen molar-refractivity contribution >= 4 is 17.9 Å². The summed E-state index contributed by atoms with van der Waals surface area (Å²) in [6, 6.07) is -1.38. The summed E-state index contributed by atoms with van der Waals surface area (Å²) in [7, 11) is 0. The summed E-state index contributed by atoms with van der Waals surface area (Å²) < 4.78 is 66.2. The number of amides is 2. The van der Waals surface area contributed by atoms with E-state index in [9.17, 15) is 36.6 Å². The van der Waals surface area contributed by atoms with Crippen LogP contribution in [0.2, 0.25) is 0 Å². The van der Waals surface area contributed by atoms with E-state index >= 15 is 0 Å². The second kappa shape index (κ2) is 8.94. The molecule has 1 saturated carbocycles. The van der Waals surface area contributed by atoms with E-state index in [-0.39, 0.29) is 6.04 Å². The number of hydrogen-bond acceptors (Lipinski definition) is 3. The lowest BCUT2D eigenvalue weighted by atomic mass is 10.1. The maximum atomic E-state index is 13.5. The molecule has 0 aromatic heterocycles. The monoisotopic (exact) mass is 392 g/mol. The van der Waals surface area contributed by atoms with Crippen LogP contribution in [0.25, 0.3) is 6.08 Å². The Bertz CT molecular complexity index is 734. The lowest BCUT2D eigenvalue weighted by molar-refractivity contribution is -0.128. The van der Waals surface area contributed by atoms with Gasteiger partial charge in [0.2, 0.25) is 17.6 Å². The van der Waals surface area contributed by atoms with Crippen molar-refractivity contribution in [3.63, 3.8) is 0 Å². The van der Waals surface area contributed by atoms with E-state index in [1.54, 1.807) is 0 Å². The summed E-state index contributed by atoms with van der Waals surface area (Å²) in [6.45, 7) is -0.735. The SMILES string of the molecule is O=C(C=Cc1c(F)c(F)c(F)c(F)c1F)NC(CO)C(=O)NC1CCCC1. The first-order chi connectivity index (χ1) is 12.8. The maximum Gasteiger partial charge on any atom is 0.245 e. The number of halogens is 5. The summed E-state index contributed by atoms with van der Waals surface area (Å²) in [5, 5.41) is 14.0. The first-order valence-electron chi connectivity index (χ1n) is 8.17. The molecule has 1 aromatic rings. The highest BCUT2D eigenvalue weighted by Gasteiger charge is 2.25. The van der Waals surface area contributed by atoms with E-state index in [1.165, 1.54) is 0 Å². The number of nitrogens with one attached hydrogen (secondary N) is 2. The fraction of sp³-hybridized carbons (Fsp3) is 0.412. The molecule has 148 valence electrons. The molecule has 2 amide bonds. The zero-order valence-electron chi connectivity index (χ0n) is 14.0. The van der Waals surface area contributed by atoms with Gasteiger partial charge in [-0.25, -0.2) is 22.0 Å². The summed E-state index contributed by atoms with van der Waals surface area (Å²) in [4.78, 5) is 23.8. The molecule has 3 N–H and O–H groups in total. The molecule has 1 fully saturated rings. The third-order valence-electron chi connectivity index (χ3n) is 4.16. The summed E-state index contributed by atoms with van der Waals surface area (Å²) >= 11 is 0. The van der Waals surface area contributed by atoms with E-state index in [0.717, 1.165) is 25.7 Å². The first kappa shape index (κ1) is 20.8. The smallest absolute Gasteiger partial charge is 0.245 e. The molecule has 0 aliphatic heterocycles. The second-order valence-electron chi connectivity index (χ2n) is 6.05. The highest BCUT2D eigenvalue weighted by molar-refractivity contribution is 5.95. The molecule has 1 unspecified atom stereocenters. The van der Waals surface area contributed by atoms with Gasteiger partial charge in [-0.2, -0.15) is 0 Å². The van der Waals surface area contributed by atoms with Gasteiger partial charge in [-0.1, -0.05) is 12.8 Å². The zero-order chi connectivity index (χ0) is 20.1. The van der Waals surface area contributed by atoms with E-state index < -0.39 is 59.1 Å². The Balaban J connectivity index is 2.06. The standard InChI is InChI=1S/C17H17F5N2O3/c18-12-9(13(19)15(21)16(22)14(12)20)5-6-11(26)24-10(7-25)17(27)23-8-3-1-2-4-8/h5-6,8,10,25H,1-4,7H2,(H,23,27)(H,24,26). The van der Waals surface area contributed by atoms with Crippen molar-refractivity contribution in [2.75, 3.05) is 6.61 Å². The van der Waals surface area contributed by atoms with Gasteiger partial charge in [-0.3, -0.25) is 9.59 Å². The Kier molecular flexibility index (Phi) is 6.89. The second-order valence-corrected chi connectivity index (χ2v) is 6.05. The van der Waals surface area contributed by atoms with E-state index in [2.05, 4.69) is 10.6 Å². The van der Waals surface area contributed by atoms with Gasteiger partial charge in [0.15, 0.2) is 23.3 Å². The van der Waals surface area contributed by atoms with Crippen molar-refractivity contribution < 1.29 is 36.6 Å². The highest BCUT2D eigenvalue weighted by Crippen LogP contribution is 2.24. The van der Waals surface area contributed by atoms with Crippen LogP contribution in [0.5, 0.6) is 0 Å². The predicted octanol–water partition coefficient (Wildman–Crippen LogP) is 1.93. The zero-order valence-corrected chi connectivity index (χ0v) is 14.0. The Labute approximate surface area is 151 Å². The van der Waals surface area contributed by atoms with Crippen molar-refractivity contribution in [1.29, 1.82) is 0 Å². The molecule has 1 atom stereocenters. The van der Waals surface area contributed by atoms with Crippen LogP contribution in [-0.4, -0.2) is 35.6 Å². The molecule has 0 saturated heterocycles. The molecule has 1 aliphatic rings. The highest BCUT2D eigenvalue weighted by atomic mass is 19.2. The number of benzene rings is 1. The molecule has 2 rings (SSSR count). The number of carbonyl (C=O) groups is 2. The van der Waals surface area contributed by atoms with Crippen LogP contribution in [0.3, 0.4) is 0 Å². The normalized spacial score (nSPS) is 15.9. The molecular formula is C17H17F5N2O3. The predicted molar refractivity (Wildman–Crippen MR) is 84.7 cm³/mol. The van der Waals surface area contributed by atoms with Crippen LogP contribution in [0.4, 0.5) is 22.0 Å². The average molecular weight is 392 g/mol. The van der Waals surface area contributed by atoms with E-state index in [0.29, 0.717) is 12.2 Å². The van der Waals surface area contributed by atoms with Crippen molar-refractivity contribution in [3.05, 3.63) is 40.7 Å². The van der Waals surface area contributed by atoms with Gasteiger partial charge >= 0.3 is 0 Å². The number of carbonyl (C=O) groups excluding carboxylic acids is 2. The van der Waals surface area contributed by atoms with Gasteiger partial charge in [-0.05, 0) is 18.9 Å². The molecule has 27 heavy (non-hydrogen) atoms. The lowest BCUT2D eigenvalue weighted by Crippen LogP contribution is -2.50. The van der Waals surface area contributed by atoms with Crippen molar-refractivity contribution in [2.45, 2.75) is 37.8 Å². The third kappa shape index (κ3) is 4.82. The Morgan fingerprint density at radius 2 is 1.52 bits per heavy atom. The fourth-order valence-corrected chi connectivity index (χ4v) is 2.71. The van der Waals surface area contributed by atoms with Gasteiger partial charge < -0.3 is 15.7 Å². The van der Waals surface area contributed by atoms with Gasteiger partial charge in [0.05, 0.1) is 12.2 Å². The maximum absolute atomic E-state index is 13.5. The summed E-state index contributed by atoms with van der Waals surface area (Å²) in [5.41, 5.74) is -1.29. The Hall–Kier alpha value is -2.49. The Morgan fingerprint density at radius 1 is 1.00 bits per heavy atom. The number of rotatable bonds is 6. The molecular weight excluding hydrogens is 375 g/mol. The van der Waals surface area contributed by atoms with Crippen LogP contribution in [0.1, 0.15) is 31.2 Å². The van der Waals surface area contributed by atoms with Crippen molar-refractivity contribution in [1.82, 2.24) is 10.6 Å². The van der Waals surface area contributed by atoms with Crippen LogP contribution in [-0.2, 0) is 9.59 Å². The first-order valence-corrected chi connectivity index (χ1v) is 8.17. The minimum Gasteiger partial charge on any atom is -0.394 e. The number of hydrogen-bond donors (Lipinski definition) is 3. The molecule has 5 nitrogen and oxygen atoms in total. The molecule has 1 aliphatic carbocycles. The van der Waals surface area contributed by atoms with Gasteiger partial charge in [0.1, 0.15) is 6.04 Å². The lowest BCUT2D eigenvalue weighted by Gasteiger charge is -2.18. The largest absolute Gasteiger partial charge is 0.394 e. The summed E-state index contributed by atoms with van der Waals surface area (Å²) in [5.74, 6) is -12.5. The number of aliphatic hydroxyl groups is 1. The molecule has 10 heteroatoms. The van der Waals surface area contributed by atoms with E-state index in [4.69, 9.17) is 0 Å². The van der Waals surface area contributed by atoms with Crippen LogP contribution < -0.4 is 10.6 Å². The van der Waals surface area contributed by atoms with Crippen LogP contribution >= 0.6 is 0 Å². The van der Waals surface area contributed by atoms with Gasteiger partial charge in [0.25, 0.3) is 0 Å². The van der Waals surface area contributed by atoms with Crippen molar-refractivity contribution in [3.8, 4) is 0 Å². The minimum absolute atomic E-state index is 0.0626. The molecule has 0 bridgehead atoms. The van der Waals surface area contributed by atoms with Crippen molar-refractivity contribution in [2.24, 2.45) is 0 Å². The van der Waals surface area contributed by atoms with Crippen LogP contribution in [0, 0.1) is 29.1 Å². The van der Waals surface area contributed by atoms with Gasteiger partial charge in [-0.15, -0.1) is 0 Å². The molecule has 0 spiro atoms. The van der Waals surface area contributed by atoms with E-state index in [1.807, 2.05) is 0 Å². The minimum atomic E-state index is -2.31. The molecule has 1 aromatic carbocycles. The van der Waals surface area contributed by atoms with Crippen LogP contribution in [0.15, 0.2) is 6.08 Å². The third-order valence-corrected chi connectivity index (χ3v) is 4.16. The quantitative estimate of drug-likeness (QED) is 0.300.